The molecular formula is C21H16F2N2O4. The lowest BCUT2D eigenvalue weighted by atomic mass is 10.1. The van der Waals surface area contributed by atoms with Crippen molar-refractivity contribution in [3.8, 4) is 0 Å². The van der Waals surface area contributed by atoms with E-state index < -0.39 is 42.6 Å². The Morgan fingerprint density at radius 2 is 1.59 bits per heavy atom. The Morgan fingerprint density at radius 1 is 0.828 bits per heavy atom. The number of carbonyl (C=O) groups is 3. The minimum absolute atomic E-state index is 0.0471. The van der Waals surface area contributed by atoms with E-state index in [4.69, 9.17) is 4.74 Å². The zero-order chi connectivity index (χ0) is 20.8. The van der Waals surface area contributed by atoms with Gasteiger partial charge >= 0.3 is 5.97 Å². The number of anilines is 1. The molecule has 148 valence electrons. The second-order valence-corrected chi connectivity index (χ2v) is 6.09. The largest absolute Gasteiger partial charge is 0.452 e. The van der Waals surface area contributed by atoms with Gasteiger partial charge in [-0.3, -0.25) is 9.59 Å². The summed E-state index contributed by atoms with van der Waals surface area (Å²) in [6.07, 6.45) is 0. The normalized spacial score (nSPS) is 10.4. The van der Waals surface area contributed by atoms with Crippen LogP contribution in [0, 0.1) is 11.6 Å². The second-order valence-electron chi connectivity index (χ2n) is 6.09. The van der Waals surface area contributed by atoms with Gasteiger partial charge in [0.15, 0.2) is 18.2 Å². The molecule has 6 nitrogen and oxygen atoms in total. The van der Waals surface area contributed by atoms with Gasteiger partial charge in [-0.15, -0.1) is 0 Å². The van der Waals surface area contributed by atoms with Crippen LogP contribution in [0.5, 0.6) is 0 Å². The van der Waals surface area contributed by atoms with Crippen LogP contribution in [0.2, 0.25) is 0 Å². The van der Waals surface area contributed by atoms with Gasteiger partial charge in [0, 0.05) is 11.8 Å². The fourth-order valence-corrected chi connectivity index (χ4v) is 2.54. The molecule has 0 aliphatic rings. The Hall–Kier alpha value is -3.81. The van der Waals surface area contributed by atoms with E-state index in [1.54, 1.807) is 18.2 Å². The summed E-state index contributed by atoms with van der Waals surface area (Å²) in [5.41, 5.74) is 0.346. The van der Waals surface area contributed by atoms with Crippen molar-refractivity contribution in [3.63, 3.8) is 0 Å². The minimum atomic E-state index is -1.10. The van der Waals surface area contributed by atoms with Crippen molar-refractivity contribution in [2.24, 2.45) is 0 Å². The van der Waals surface area contributed by atoms with Crippen LogP contribution in [-0.4, -0.2) is 30.9 Å². The molecule has 0 aromatic heterocycles. The molecule has 3 rings (SSSR count). The van der Waals surface area contributed by atoms with E-state index in [0.717, 1.165) is 22.9 Å². The highest BCUT2D eigenvalue weighted by atomic mass is 19.2. The molecule has 2 N–H and O–H groups in total. The number of esters is 1. The number of hydrogen-bond acceptors (Lipinski definition) is 4. The molecule has 2 amide bonds. The minimum Gasteiger partial charge on any atom is -0.452 e. The fourth-order valence-electron chi connectivity index (χ4n) is 2.54. The Kier molecular flexibility index (Phi) is 6.13. The number of nitrogens with one attached hydrogen (secondary N) is 2. The molecule has 29 heavy (non-hydrogen) atoms. The Labute approximate surface area is 164 Å². The maximum absolute atomic E-state index is 13.1. The number of benzene rings is 3. The van der Waals surface area contributed by atoms with Gasteiger partial charge in [0.1, 0.15) is 0 Å². The Morgan fingerprint density at radius 3 is 2.34 bits per heavy atom. The maximum Gasteiger partial charge on any atom is 0.338 e. The first-order chi connectivity index (χ1) is 13.9. The number of hydrogen-bond donors (Lipinski definition) is 2. The average molecular weight is 398 g/mol. The van der Waals surface area contributed by atoms with Gasteiger partial charge in [-0.25, -0.2) is 13.6 Å². The fraction of sp³-hybridized carbons (Fsp3) is 0.0952. The van der Waals surface area contributed by atoms with Crippen LogP contribution in [0.15, 0.2) is 60.7 Å². The van der Waals surface area contributed by atoms with Crippen molar-refractivity contribution in [3.05, 3.63) is 77.9 Å². The second kappa shape index (κ2) is 8.92. The summed E-state index contributed by atoms with van der Waals surface area (Å²) in [6.45, 7) is -0.991. The summed E-state index contributed by atoms with van der Waals surface area (Å²) >= 11 is 0. The van der Waals surface area contributed by atoms with E-state index in [-0.39, 0.29) is 5.69 Å². The summed E-state index contributed by atoms with van der Waals surface area (Å²) in [7, 11) is 0. The van der Waals surface area contributed by atoms with Crippen LogP contribution < -0.4 is 10.6 Å². The van der Waals surface area contributed by atoms with Crippen LogP contribution in [0.1, 0.15) is 10.4 Å². The highest BCUT2D eigenvalue weighted by Crippen LogP contribution is 2.16. The lowest BCUT2D eigenvalue weighted by molar-refractivity contribution is -0.126. The third-order valence-corrected chi connectivity index (χ3v) is 3.97. The number of halogens is 2. The van der Waals surface area contributed by atoms with Gasteiger partial charge in [-0.05, 0) is 35.0 Å². The average Bonchev–Trinajstić information content (AvgIpc) is 2.72. The van der Waals surface area contributed by atoms with Gasteiger partial charge in [0.05, 0.1) is 12.1 Å². The molecule has 0 spiro atoms. The molecule has 8 heteroatoms. The van der Waals surface area contributed by atoms with E-state index >= 15 is 0 Å². The molecule has 3 aromatic carbocycles. The monoisotopic (exact) mass is 398 g/mol. The molecule has 0 saturated heterocycles. The molecule has 0 unspecified atom stereocenters. The molecule has 0 aliphatic carbocycles. The van der Waals surface area contributed by atoms with E-state index in [9.17, 15) is 23.2 Å². The summed E-state index contributed by atoms with van der Waals surface area (Å²) in [5, 5.41) is 6.40. The van der Waals surface area contributed by atoms with Crippen LogP contribution >= 0.6 is 0 Å². The highest BCUT2D eigenvalue weighted by Gasteiger charge is 2.12. The van der Waals surface area contributed by atoms with E-state index in [2.05, 4.69) is 10.6 Å². The standard InChI is InChI=1S/C21H16F2N2O4/c22-17-8-7-16(10-18(17)23)25-19(26)11-24-20(27)12-29-21(28)15-6-5-13-3-1-2-4-14(13)9-15/h1-10H,11-12H2,(H,24,27)(H,25,26). The zero-order valence-corrected chi connectivity index (χ0v) is 15.1. The molecule has 0 aliphatic heterocycles. The molecule has 0 heterocycles. The van der Waals surface area contributed by atoms with Crippen molar-refractivity contribution >= 4 is 34.2 Å². The van der Waals surface area contributed by atoms with Gasteiger partial charge in [-0.2, -0.15) is 0 Å². The predicted molar refractivity (Wildman–Crippen MR) is 102 cm³/mol. The number of amides is 2. The summed E-state index contributed by atoms with van der Waals surface area (Å²) in [4.78, 5) is 35.6. The molecule has 0 radical (unpaired) electrons. The number of ether oxygens (including phenoxy) is 1. The Bertz CT molecular complexity index is 1090. The van der Waals surface area contributed by atoms with Crippen LogP contribution in [-0.2, 0) is 14.3 Å². The van der Waals surface area contributed by atoms with Crippen LogP contribution in [0.25, 0.3) is 10.8 Å². The summed E-state index contributed by atoms with van der Waals surface area (Å²) in [5.74, 6) is -4.14. The van der Waals surface area contributed by atoms with E-state index in [1.807, 2.05) is 24.3 Å². The SMILES string of the molecule is O=C(COC(=O)c1ccc2ccccc2c1)NCC(=O)Nc1ccc(F)c(F)c1. The van der Waals surface area contributed by atoms with Gasteiger partial charge in [-0.1, -0.05) is 30.3 Å². The number of carbonyl (C=O) groups excluding carboxylic acids is 3. The molecule has 3 aromatic rings. The van der Waals surface area contributed by atoms with Gasteiger partial charge < -0.3 is 15.4 Å². The van der Waals surface area contributed by atoms with Crippen LogP contribution in [0.4, 0.5) is 14.5 Å². The third kappa shape index (κ3) is 5.35. The predicted octanol–water partition coefficient (Wildman–Crippen LogP) is 3.03. The van der Waals surface area contributed by atoms with Gasteiger partial charge in [0.2, 0.25) is 5.91 Å². The first-order valence-corrected chi connectivity index (χ1v) is 8.60. The lowest BCUT2D eigenvalue weighted by Gasteiger charge is -2.08. The van der Waals surface area contributed by atoms with Crippen LogP contribution in [0.3, 0.4) is 0 Å². The summed E-state index contributed by atoms with van der Waals surface area (Å²) < 4.78 is 30.9. The molecule has 0 bridgehead atoms. The molecule has 0 atom stereocenters. The first-order valence-electron chi connectivity index (χ1n) is 8.60. The summed E-state index contributed by atoms with van der Waals surface area (Å²) in [6, 6.07) is 15.4. The smallest absolute Gasteiger partial charge is 0.338 e. The molecular weight excluding hydrogens is 382 g/mol. The number of fused-ring (bicyclic) bond motifs is 1. The topological polar surface area (TPSA) is 84.5 Å². The Balaban J connectivity index is 1.45. The third-order valence-electron chi connectivity index (χ3n) is 3.97. The highest BCUT2D eigenvalue weighted by molar-refractivity contribution is 5.97. The van der Waals surface area contributed by atoms with E-state index in [0.29, 0.717) is 5.56 Å². The van der Waals surface area contributed by atoms with Crippen molar-refractivity contribution in [1.29, 1.82) is 0 Å². The van der Waals surface area contributed by atoms with Crippen molar-refractivity contribution in [2.45, 2.75) is 0 Å². The first kappa shape index (κ1) is 19.9. The molecule has 0 saturated carbocycles. The lowest BCUT2D eigenvalue weighted by Crippen LogP contribution is -2.35. The quantitative estimate of drug-likeness (QED) is 0.625. The van der Waals surface area contributed by atoms with Crippen molar-refractivity contribution in [2.75, 3.05) is 18.5 Å². The number of rotatable bonds is 6. The van der Waals surface area contributed by atoms with Crippen molar-refractivity contribution in [1.82, 2.24) is 5.32 Å². The zero-order valence-electron chi connectivity index (χ0n) is 15.1. The van der Waals surface area contributed by atoms with Gasteiger partial charge in [0.25, 0.3) is 5.91 Å². The molecule has 0 fully saturated rings. The van der Waals surface area contributed by atoms with E-state index in [1.165, 1.54) is 6.07 Å². The maximum atomic E-state index is 13.1. The van der Waals surface area contributed by atoms with Crippen molar-refractivity contribution < 1.29 is 27.9 Å².